The summed E-state index contributed by atoms with van der Waals surface area (Å²) < 4.78 is 0. The van der Waals surface area contributed by atoms with E-state index in [9.17, 15) is 19.6 Å². The highest BCUT2D eigenvalue weighted by Crippen LogP contribution is 2.09. The molecule has 1 heterocycles. The van der Waals surface area contributed by atoms with Crippen molar-refractivity contribution in [2.75, 3.05) is 0 Å². The van der Waals surface area contributed by atoms with E-state index in [0.717, 1.165) is 5.56 Å². The number of rotatable bonds is 9. The van der Waals surface area contributed by atoms with Gasteiger partial charge in [-0.1, -0.05) is 58.0 Å². The molecule has 0 spiro atoms. The maximum atomic E-state index is 12.8. The lowest BCUT2D eigenvalue weighted by molar-refractivity contribution is -0.123. The molecule has 0 aliphatic rings. The van der Waals surface area contributed by atoms with E-state index in [1.807, 2.05) is 58.0 Å². The van der Waals surface area contributed by atoms with Gasteiger partial charge in [0.2, 0.25) is 5.91 Å². The second-order valence-corrected chi connectivity index (χ2v) is 6.96. The minimum Gasteiger partial charge on any atom is -0.426 e. The molecule has 2 atom stereocenters. The first-order valence-electron chi connectivity index (χ1n) is 10.1. The molecule has 0 saturated heterocycles. The summed E-state index contributed by atoms with van der Waals surface area (Å²) in [5.74, 6) is -1.72. The zero-order chi connectivity index (χ0) is 22.5. The molecule has 2 rings (SSSR count). The number of carbonyl (C=O) groups excluding carboxylic acids is 2. The molecule has 2 amide bonds. The lowest BCUT2D eigenvalue weighted by atomic mass is 9.75. The largest absolute Gasteiger partial charge is 0.475 e. The topological polar surface area (TPSA) is 124 Å². The van der Waals surface area contributed by atoms with Crippen LogP contribution in [-0.4, -0.2) is 50.9 Å². The predicted octanol–water partition coefficient (Wildman–Crippen LogP) is 1.39. The number of nitrogens with zero attached hydrogens (tertiary/aromatic N) is 2. The molecular formula is C21H31BN4O4. The van der Waals surface area contributed by atoms with Crippen LogP contribution in [0.5, 0.6) is 0 Å². The van der Waals surface area contributed by atoms with Gasteiger partial charge in [0.15, 0.2) is 0 Å². The molecule has 1 aromatic carbocycles. The Morgan fingerprint density at radius 3 is 2.27 bits per heavy atom. The van der Waals surface area contributed by atoms with Gasteiger partial charge in [0.05, 0.1) is 12.1 Å². The van der Waals surface area contributed by atoms with Crippen LogP contribution in [0.3, 0.4) is 0 Å². The Morgan fingerprint density at radius 1 is 1.07 bits per heavy atom. The van der Waals surface area contributed by atoms with Gasteiger partial charge < -0.3 is 20.7 Å². The van der Waals surface area contributed by atoms with Crippen LogP contribution < -0.4 is 10.6 Å². The summed E-state index contributed by atoms with van der Waals surface area (Å²) in [5, 5.41) is 24.5. The van der Waals surface area contributed by atoms with Crippen molar-refractivity contribution in [1.82, 2.24) is 20.6 Å². The summed E-state index contributed by atoms with van der Waals surface area (Å²) in [4.78, 5) is 33.1. The standard InChI is InChI=1S/C19H25BN4O4.C2H6/c1-13(2)10-17(20(27)28)24-18(25)15(11-14-6-4-3-5-7-14)23-19(26)16-12-21-8-9-22-16;1-2/h3-9,12-13,15,17,27-28H,10-11H2,1-2H3,(H,23,26)(H,24,25);1-2H3/t15-,17-;/m1./s1. The number of aromatic nitrogens is 2. The van der Waals surface area contributed by atoms with E-state index in [4.69, 9.17) is 0 Å². The van der Waals surface area contributed by atoms with Gasteiger partial charge in [-0.25, -0.2) is 4.98 Å². The van der Waals surface area contributed by atoms with E-state index in [1.165, 1.54) is 18.6 Å². The van der Waals surface area contributed by atoms with Crippen LogP contribution in [-0.2, 0) is 11.2 Å². The maximum absolute atomic E-state index is 12.8. The third-order valence-corrected chi connectivity index (χ3v) is 4.11. The average molecular weight is 414 g/mol. The molecule has 162 valence electrons. The first-order chi connectivity index (χ1) is 14.4. The van der Waals surface area contributed by atoms with Crippen molar-refractivity contribution >= 4 is 18.9 Å². The third-order valence-electron chi connectivity index (χ3n) is 4.11. The molecule has 4 N–H and O–H groups in total. The zero-order valence-electron chi connectivity index (χ0n) is 17.9. The van der Waals surface area contributed by atoms with E-state index in [2.05, 4.69) is 20.6 Å². The van der Waals surface area contributed by atoms with Crippen molar-refractivity contribution in [3.63, 3.8) is 0 Å². The molecule has 0 aliphatic carbocycles. The molecular weight excluding hydrogens is 383 g/mol. The third kappa shape index (κ3) is 8.71. The minimum absolute atomic E-state index is 0.0919. The summed E-state index contributed by atoms with van der Waals surface area (Å²) >= 11 is 0. The molecule has 0 aliphatic heterocycles. The number of benzene rings is 1. The van der Waals surface area contributed by atoms with Gasteiger partial charge in [0.1, 0.15) is 11.7 Å². The number of hydrogen-bond donors (Lipinski definition) is 4. The van der Waals surface area contributed by atoms with Crippen molar-refractivity contribution < 1.29 is 19.6 Å². The highest BCUT2D eigenvalue weighted by molar-refractivity contribution is 6.43. The fourth-order valence-electron chi connectivity index (χ4n) is 2.75. The van der Waals surface area contributed by atoms with Crippen LogP contribution in [0.15, 0.2) is 48.9 Å². The van der Waals surface area contributed by atoms with Crippen LogP contribution in [0.2, 0.25) is 0 Å². The number of nitrogens with one attached hydrogen (secondary N) is 2. The molecule has 8 nitrogen and oxygen atoms in total. The van der Waals surface area contributed by atoms with Crippen LogP contribution in [0.4, 0.5) is 0 Å². The Morgan fingerprint density at radius 2 is 1.73 bits per heavy atom. The zero-order valence-corrected chi connectivity index (χ0v) is 17.9. The van der Waals surface area contributed by atoms with E-state index in [0.29, 0.717) is 6.42 Å². The number of amides is 2. The molecule has 1 aromatic heterocycles. The van der Waals surface area contributed by atoms with Crippen LogP contribution in [0.25, 0.3) is 0 Å². The Labute approximate surface area is 178 Å². The predicted molar refractivity (Wildman–Crippen MR) is 116 cm³/mol. The summed E-state index contributed by atoms with van der Waals surface area (Å²) in [6.07, 6.45) is 4.78. The summed E-state index contributed by atoms with van der Waals surface area (Å²) in [6, 6.07) is 8.33. The van der Waals surface area contributed by atoms with Gasteiger partial charge >= 0.3 is 7.12 Å². The minimum atomic E-state index is -1.69. The van der Waals surface area contributed by atoms with Gasteiger partial charge in [-0.05, 0) is 17.9 Å². The normalized spacial score (nSPS) is 12.2. The highest BCUT2D eigenvalue weighted by Gasteiger charge is 2.30. The van der Waals surface area contributed by atoms with Crippen LogP contribution in [0, 0.1) is 5.92 Å². The first kappa shape index (κ1) is 25.3. The molecule has 0 bridgehead atoms. The second-order valence-electron chi connectivity index (χ2n) is 6.96. The molecule has 0 fully saturated rings. The van der Waals surface area contributed by atoms with E-state index >= 15 is 0 Å². The van der Waals surface area contributed by atoms with Crippen molar-refractivity contribution in [1.29, 1.82) is 0 Å². The Balaban J connectivity index is 0.00000218. The molecule has 2 aromatic rings. The first-order valence-corrected chi connectivity index (χ1v) is 10.1. The quantitative estimate of drug-likeness (QED) is 0.460. The average Bonchev–Trinajstić information content (AvgIpc) is 2.75. The lowest BCUT2D eigenvalue weighted by Crippen LogP contribution is -2.55. The second kappa shape index (κ2) is 13.4. The Hall–Kier alpha value is -2.78. The van der Waals surface area contributed by atoms with Gasteiger partial charge in [0, 0.05) is 18.8 Å². The van der Waals surface area contributed by atoms with Crippen molar-refractivity contribution in [3.8, 4) is 0 Å². The molecule has 0 unspecified atom stereocenters. The van der Waals surface area contributed by atoms with Crippen molar-refractivity contribution in [2.45, 2.75) is 52.5 Å². The van der Waals surface area contributed by atoms with Gasteiger partial charge in [0.25, 0.3) is 5.91 Å². The van der Waals surface area contributed by atoms with E-state index in [1.54, 1.807) is 0 Å². The number of hydrogen-bond acceptors (Lipinski definition) is 6. The summed E-state index contributed by atoms with van der Waals surface area (Å²) in [7, 11) is -1.69. The Kier molecular flexibility index (Phi) is 11.3. The van der Waals surface area contributed by atoms with Gasteiger partial charge in [-0.3, -0.25) is 14.6 Å². The highest BCUT2D eigenvalue weighted by atomic mass is 16.4. The van der Waals surface area contributed by atoms with E-state index in [-0.39, 0.29) is 18.0 Å². The maximum Gasteiger partial charge on any atom is 0.475 e. The SMILES string of the molecule is CC.CC(C)C[C@@H](NC(=O)[C@@H](Cc1ccccc1)NC(=O)c1cnccn1)B(O)O. The smallest absolute Gasteiger partial charge is 0.426 e. The van der Waals surface area contributed by atoms with Crippen molar-refractivity contribution in [3.05, 3.63) is 60.2 Å². The molecule has 0 radical (unpaired) electrons. The Bertz CT molecular complexity index is 760. The molecule has 30 heavy (non-hydrogen) atoms. The fourth-order valence-corrected chi connectivity index (χ4v) is 2.75. The summed E-state index contributed by atoms with van der Waals surface area (Å²) in [6.45, 7) is 7.83. The monoisotopic (exact) mass is 414 g/mol. The molecule has 9 heteroatoms. The van der Waals surface area contributed by atoms with Gasteiger partial charge in [-0.2, -0.15) is 0 Å². The van der Waals surface area contributed by atoms with Crippen molar-refractivity contribution in [2.24, 2.45) is 5.92 Å². The number of carbonyl (C=O) groups is 2. The summed E-state index contributed by atoms with van der Waals surface area (Å²) in [5.41, 5.74) is 0.946. The van der Waals surface area contributed by atoms with E-state index < -0.39 is 30.9 Å². The van der Waals surface area contributed by atoms with Gasteiger partial charge in [-0.15, -0.1) is 0 Å². The fraction of sp³-hybridized carbons (Fsp3) is 0.429. The molecule has 0 saturated carbocycles. The van der Waals surface area contributed by atoms with Crippen LogP contribution in [0.1, 0.15) is 50.2 Å². The lowest BCUT2D eigenvalue weighted by Gasteiger charge is -2.24. The van der Waals surface area contributed by atoms with Crippen LogP contribution >= 0.6 is 0 Å².